The number of aromatic amines is 1. The molecule has 0 radical (unpaired) electrons. The number of amides is 1. The second-order valence-electron chi connectivity index (χ2n) is 7.52. The molecule has 3 aromatic rings. The molecule has 0 spiro atoms. The highest BCUT2D eigenvalue weighted by molar-refractivity contribution is 7.13. The maximum Gasteiger partial charge on any atom is 0.266 e. The summed E-state index contributed by atoms with van der Waals surface area (Å²) in [4.78, 5) is 39.9. The first-order valence-electron chi connectivity index (χ1n) is 9.72. The fraction of sp³-hybridized carbons (Fsp3) is 0.429. The number of hydrogen-bond donors (Lipinski definition) is 1. The number of hydrogen-bond acceptors (Lipinski definition) is 5. The third-order valence-corrected chi connectivity index (χ3v) is 5.86. The summed E-state index contributed by atoms with van der Waals surface area (Å²) in [6.45, 7) is 8.94. The van der Waals surface area contributed by atoms with Crippen molar-refractivity contribution >= 4 is 39.7 Å². The first kappa shape index (κ1) is 21.5. The van der Waals surface area contributed by atoms with Crippen molar-refractivity contribution < 1.29 is 4.79 Å². The number of nitrogens with one attached hydrogen (secondary N) is 1. The molecule has 6 nitrogen and oxygen atoms in total. The van der Waals surface area contributed by atoms with Gasteiger partial charge in [-0.2, -0.15) is 0 Å². The van der Waals surface area contributed by atoms with Gasteiger partial charge in [0.25, 0.3) is 11.5 Å². The van der Waals surface area contributed by atoms with E-state index >= 15 is 0 Å². The highest BCUT2D eigenvalue weighted by atomic mass is 35.5. The Morgan fingerprint density at radius 1 is 1.31 bits per heavy atom. The summed E-state index contributed by atoms with van der Waals surface area (Å²) in [5, 5.41) is 1.97. The van der Waals surface area contributed by atoms with Gasteiger partial charge in [0, 0.05) is 18.0 Å². The fourth-order valence-electron chi connectivity index (χ4n) is 3.17. The summed E-state index contributed by atoms with van der Waals surface area (Å²) in [5.41, 5.74) is 1.04. The van der Waals surface area contributed by atoms with Crippen molar-refractivity contribution in [2.24, 2.45) is 5.92 Å². The predicted molar refractivity (Wildman–Crippen MR) is 118 cm³/mol. The molecule has 154 valence electrons. The molecule has 2 aromatic heterocycles. The molecule has 0 saturated carbocycles. The molecule has 2 heterocycles. The SMILES string of the molecule is CCCN(Cc1nc2cc(Cl)ccc2c(=O)[nH]1)C(=O)c1sc(CC(C)C)nc1C. The number of halogens is 1. The van der Waals surface area contributed by atoms with Crippen LogP contribution in [0.5, 0.6) is 0 Å². The van der Waals surface area contributed by atoms with Gasteiger partial charge < -0.3 is 9.88 Å². The van der Waals surface area contributed by atoms with Crippen LogP contribution in [0.25, 0.3) is 10.9 Å². The van der Waals surface area contributed by atoms with Gasteiger partial charge in [0.15, 0.2) is 0 Å². The lowest BCUT2D eigenvalue weighted by Crippen LogP contribution is -2.32. The molecule has 1 N–H and O–H groups in total. The lowest BCUT2D eigenvalue weighted by Gasteiger charge is -2.21. The maximum absolute atomic E-state index is 13.2. The quantitative estimate of drug-likeness (QED) is 0.592. The smallest absolute Gasteiger partial charge is 0.266 e. The number of nitrogens with zero attached hydrogens (tertiary/aromatic N) is 3. The Kier molecular flexibility index (Phi) is 6.70. The minimum absolute atomic E-state index is 0.0781. The van der Waals surface area contributed by atoms with E-state index in [1.54, 1.807) is 23.1 Å². The zero-order valence-corrected chi connectivity index (χ0v) is 18.7. The molecule has 0 bridgehead atoms. The number of aryl methyl sites for hydroxylation is 1. The number of aromatic nitrogens is 3. The van der Waals surface area contributed by atoms with E-state index in [0.29, 0.717) is 39.1 Å². The van der Waals surface area contributed by atoms with E-state index in [0.717, 1.165) is 23.5 Å². The number of rotatable bonds is 7. The molecule has 0 aliphatic rings. The molecule has 0 unspecified atom stereocenters. The second kappa shape index (κ2) is 9.05. The summed E-state index contributed by atoms with van der Waals surface area (Å²) < 4.78 is 0. The van der Waals surface area contributed by atoms with E-state index in [-0.39, 0.29) is 18.0 Å². The molecule has 1 aromatic carbocycles. The van der Waals surface area contributed by atoms with Gasteiger partial charge >= 0.3 is 0 Å². The van der Waals surface area contributed by atoms with Gasteiger partial charge in [0.2, 0.25) is 0 Å². The minimum Gasteiger partial charge on any atom is -0.330 e. The van der Waals surface area contributed by atoms with Crippen LogP contribution in [0, 0.1) is 12.8 Å². The van der Waals surface area contributed by atoms with Gasteiger partial charge in [-0.3, -0.25) is 9.59 Å². The van der Waals surface area contributed by atoms with Gasteiger partial charge in [0.05, 0.1) is 28.1 Å². The Labute approximate surface area is 179 Å². The van der Waals surface area contributed by atoms with E-state index in [9.17, 15) is 9.59 Å². The Morgan fingerprint density at radius 2 is 2.07 bits per heavy atom. The number of fused-ring (bicyclic) bond motifs is 1. The van der Waals surface area contributed by atoms with Crippen molar-refractivity contribution in [2.45, 2.75) is 47.1 Å². The zero-order valence-electron chi connectivity index (χ0n) is 17.1. The van der Waals surface area contributed by atoms with Crippen LogP contribution in [0.3, 0.4) is 0 Å². The summed E-state index contributed by atoms with van der Waals surface area (Å²) in [6, 6.07) is 4.97. The van der Waals surface area contributed by atoms with Gasteiger partial charge in [-0.1, -0.05) is 32.4 Å². The van der Waals surface area contributed by atoms with Gasteiger partial charge in [-0.15, -0.1) is 11.3 Å². The molecule has 0 saturated heterocycles. The highest BCUT2D eigenvalue weighted by Gasteiger charge is 2.22. The van der Waals surface area contributed by atoms with Crippen molar-refractivity contribution in [3.63, 3.8) is 0 Å². The minimum atomic E-state index is -0.237. The van der Waals surface area contributed by atoms with Crippen LogP contribution in [0.1, 0.15) is 53.4 Å². The molecule has 3 rings (SSSR count). The molecule has 0 aliphatic heterocycles. The molecule has 1 amide bonds. The fourth-order valence-corrected chi connectivity index (χ4v) is 4.58. The lowest BCUT2D eigenvalue weighted by molar-refractivity contribution is 0.0743. The molecule has 29 heavy (non-hydrogen) atoms. The summed E-state index contributed by atoms with van der Waals surface area (Å²) >= 11 is 7.50. The Morgan fingerprint density at radius 3 is 2.76 bits per heavy atom. The molecule has 0 aliphatic carbocycles. The number of benzene rings is 1. The predicted octanol–water partition coefficient (Wildman–Crippen LogP) is 4.59. The number of thiazole rings is 1. The standard InChI is InChI=1S/C21H25ClN4O2S/c1-5-8-26(21(28)19-13(4)23-18(29-19)9-12(2)3)11-17-24-16-10-14(22)6-7-15(16)20(27)25-17/h6-7,10,12H,5,8-9,11H2,1-4H3,(H,24,25,27). The van der Waals surface area contributed by atoms with Gasteiger partial charge in [0.1, 0.15) is 10.7 Å². The number of H-pyrrole nitrogens is 1. The van der Waals surface area contributed by atoms with Crippen molar-refractivity contribution in [3.8, 4) is 0 Å². The summed E-state index contributed by atoms with van der Waals surface area (Å²) in [7, 11) is 0. The summed E-state index contributed by atoms with van der Waals surface area (Å²) in [5.74, 6) is 0.843. The lowest BCUT2D eigenvalue weighted by atomic mass is 10.1. The van der Waals surface area contributed by atoms with Crippen molar-refractivity contribution in [1.82, 2.24) is 19.9 Å². The third kappa shape index (κ3) is 5.03. The Bertz CT molecular complexity index is 1090. The van der Waals surface area contributed by atoms with Crippen molar-refractivity contribution in [1.29, 1.82) is 0 Å². The van der Waals surface area contributed by atoms with E-state index in [4.69, 9.17) is 11.6 Å². The first-order valence-corrected chi connectivity index (χ1v) is 10.9. The average molecular weight is 433 g/mol. The number of carbonyl (C=O) groups is 1. The van der Waals surface area contributed by atoms with Crippen LogP contribution in [0.2, 0.25) is 5.02 Å². The van der Waals surface area contributed by atoms with E-state index in [1.165, 1.54) is 11.3 Å². The maximum atomic E-state index is 13.2. The molecular weight excluding hydrogens is 408 g/mol. The van der Waals surface area contributed by atoms with Crippen LogP contribution < -0.4 is 5.56 Å². The average Bonchev–Trinajstić information content (AvgIpc) is 2.99. The molecule has 0 fully saturated rings. The largest absolute Gasteiger partial charge is 0.330 e. The first-order chi connectivity index (χ1) is 13.8. The van der Waals surface area contributed by atoms with E-state index < -0.39 is 0 Å². The van der Waals surface area contributed by atoms with Crippen molar-refractivity contribution in [3.05, 3.63) is 55.0 Å². The Hall–Kier alpha value is -2.25. The van der Waals surface area contributed by atoms with Crippen LogP contribution in [0.4, 0.5) is 0 Å². The molecular formula is C21H25ClN4O2S. The van der Waals surface area contributed by atoms with Crippen LogP contribution in [0.15, 0.2) is 23.0 Å². The monoisotopic (exact) mass is 432 g/mol. The molecule has 8 heteroatoms. The van der Waals surface area contributed by atoms with Crippen LogP contribution >= 0.6 is 22.9 Å². The third-order valence-electron chi connectivity index (χ3n) is 4.46. The topological polar surface area (TPSA) is 79.0 Å². The van der Waals surface area contributed by atoms with Gasteiger partial charge in [-0.05, 0) is 37.5 Å². The van der Waals surface area contributed by atoms with Crippen molar-refractivity contribution in [2.75, 3.05) is 6.54 Å². The van der Waals surface area contributed by atoms with E-state index in [1.807, 2.05) is 13.8 Å². The van der Waals surface area contributed by atoms with Crippen LogP contribution in [-0.4, -0.2) is 32.3 Å². The molecule has 0 atom stereocenters. The van der Waals surface area contributed by atoms with E-state index in [2.05, 4.69) is 28.8 Å². The normalized spacial score (nSPS) is 11.4. The zero-order chi connectivity index (χ0) is 21.1. The Balaban J connectivity index is 1.90. The summed E-state index contributed by atoms with van der Waals surface area (Å²) in [6.07, 6.45) is 1.65. The number of carbonyl (C=O) groups excluding carboxylic acids is 1. The second-order valence-corrected chi connectivity index (χ2v) is 9.04. The highest BCUT2D eigenvalue weighted by Crippen LogP contribution is 2.23. The van der Waals surface area contributed by atoms with Crippen LogP contribution in [-0.2, 0) is 13.0 Å². The van der Waals surface area contributed by atoms with Gasteiger partial charge in [-0.25, -0.2) is 9.97 Å².